The second-order valence-electron chi connectivity index (χ2n) is 7.81. The summed E-state index contributed by atoms with van der Waals surface area (Å²) in [6.45, 7) is 3.60. The van der Waals surface area contributed by atoms with Gasteiger partial charge in [0.15, 0.2) is 0 Å². The summed E-state index contributed by atoms with van der Waals surface area (Å²) in [7, 11) is 0. The van der Waals surface area contributed by atoms with Crippen molar-refractivity contribution in [2.24, 2.45) is 23.2 Å². The van der Waals surface area contributed by atoms with Gasteiger partial charge in [0.2, 0.25) is 5.91 Å². The van der Waals surface area contributed by atoms with Gasteiger partial charge < -0.3 is 4.90 Å². The van der Waals surface area contributed by atoms with Gasteiger partial charge in [0, 0.05) is 19.0 Å². The SMILES string of the molecule is CC1(C#N)CCN(C(=O)C2CCC3CCCCC3C2)CC1. The van der Waals surface area contributed by atoms with Crippen LogP contribution in [0.2, 0.25) is 0 Å². The molecule has 0 spiro atoms. The highest BCUT2D eigenvalue weighted by Gasteiger charge is 2.38. The summed E-state index contributed by atoms with van der Waals surface area (Å²) < 4.78 is 0. The highest BCUT2D eigenvalue weighted by atomic mass is 16.2. The molecule has 3 aliphatic rings. The Morgan fingerprint density at radius 3 is 2.43 bits per heavy atom. The first-order valence-electron chi connectivity index (χ1n) is 8.81. The average Bonchev–Trinajstić information content (AvgIpc) is 2.54. The molecular weight excluding hydrogens is 260 g/mol. The molecule has 0 radical (unpaired) electrons. The molecule has 3 fully saturated rings. The van der Waals surface area contributed by atoms with Gasteiger partial charge in [-0.05, 0) is 50.9 Å². The fraction of sp³-hybridized carbons (Fsp3) is 0.889. The molecule has 1 amide bonds. The van der Waals surface area contributed by atoms with Crippen molar-refractivity contribution in [3.8, 4) is 6.07 Å². The van der Waals surface area contributed by atoms with E-state index in [1.807, 2.05) is 11.8 Å². The minimum Gasteiger partial charge on any atom is -0.342 e. The molecule has 3 unspecified atom stereocenters. The highest BCUT2D eigenvalue weighted by Crippen LogP contribution is 2.43. The molecule has 3 rings (SSSR count). The number of fused-ring (bicyclic) bond motifs is 1. The third-order valence-electron chi connectivity index (χ3n) is 6.34. The van der Waals surface area contributed by atoms with Crippen LogP contribution in [0.1, 0.15) is 64.7 Å². The number of hydrogen-bond donors (Lipinski definition) is 0. The third-order valence-corrected chi connectivity index (χ3v) is 6.34. The molecule has 1 aliphatic heterocycles. The van der Waals surface area contributed by atoms with Gasteiger partial charge in [0.1, 0.15) is 0 Å². The van der Waals surface area contributed by atoms with Crippen LogP contribution in [0.3, 0.4) is 0 Å². The minimum atomic E-state index is -0.211. The Morgan fingerprint density at radius 1 is 1.10 bits per heavy atom. The number of likely N-dealkylation sites (tertiary alicyclic amines) is 1. The van der Waals surface area contributed by atoms with E-state index in [0.29, 0.717) is 5.91 Å². The van der Waals surface area contributed by atoms with Crippen molar-refractivity contribution in [2.45, 2.75) is 64.7 Å². The van der Waals surface area contributed by atoms with Crippen molar-refractivity contribution >= 4 is 5.91 Å². The van der Waals surface area contributed by atoms with Gasteiger partial charge in [-0.2, -0.15) is 5.26 Å². The summed E-state index contributed by atoms with van der Waals surface area (Å²) >= 11 is 0. The van der Waals surface area contributed by atoms with E-state index in [0.717, 1.165) is 50.6 Å². The van der Waals surface area contributed by atoms with Crippen LogP contribution in [0.15, 0.2) is 0 Å². The Bertz CT molecular complexity index is 431. The smallest absolute Gasteiger partial charge is 0.225 e. The first-order valence-corrected chi connectivity index (χ1v) is 8.81. The Balaban J connectivity index is 1.55. The first-order chi connectivity index (χ1) is 10.1. The molecule has 21 heavy (non-hydrogen) atoms. The predicted molar refractivity (Wildman–Crippen MR) is 82.3 cm³/mol. The quantitative estimate of drug-likeness (QED) is 0.737. The van der Waals surface area contributed by atoms with Crippen LogP contribution < -0.4 is 0 Å². The number of hydrogen-bond acceptors (Lipinski definition) is 2. The zero-order chi connectivity index (χ0) is 14.9. The van der Waals surface area contributed by atoms with Crippen molar-refractivity contribution in [1.29, 1.82) is 5.26 Å². The van der Waals surface area contributed by atoms with Crippen molar-refractivity contribution in [3.05, 3.63) is 0 Å². The van der Waals surface area contributed by atoms with Crippen LogP contribution in [0.25, 0.3) is 0 Å². The number of nitrogens with zero attached hydrogens (tertiary/aromatic N) is 2. The fourth-order valence-electron chi connectivity index (χ4n) is 4.69. The number of amides is 1. The topological polar surface area (TPSA) is 44.1 Å². The molecule has 2 saturated carbocycles. The molecule has 116 valence electrons. The number of carbonyl (C=O) groups is 1. The summed E-state index contributed by atoms with van der Waals surface area (Å²) in [5, 5.41) is 9.20. The van der Waals surface area contributed by atoms with Crippen LogP contribution in [-0.2, 0) is 4.79 Å². The maximum atomic E-state index is 12.8. The molecule has 0 aromatic rings. The molecule has 3 nitrogen and oxygen atoms in total. The number of carbonyl (C=O) groups excluding carboxylic acids is 1. The van der Waals surface area contributed by atoms with E-state index in [4.69, 9.17) is 0 Å². The second-order valence-corrected chi connectivity index (χ2v) is 7.81. The van der Waals surface area contributed by atoms with Gasteiger partial charge in [-0.15, -0.1) is 0 Å². The standard InChI is InChI=1S/C18H28N2O/c1-18(13-19)8-10-20(11-9-18)17(21)16-7-6-14-4-2-3-5-15(14)12-16/h14-16H,2-12H2,1H3. The number of piperidine rings is 1. The van der Waals surface area contributed by atoms with Gasteiger partial charge >= 0.3 is 0 Å². The summed E-state index contributed by atoms with van der Waals surface area (Å²) in [6, 6.07) is 2.42. The summed E-state index contributed by atoms with van der Waals surface area (Å²) in [5.74, 6) is 2.39. The zero-order valence-electron chi connectivity index (χ0n) is 13.3. The molecular formula is C18H28N2O. The Morgan fingerprint density at radius 2 is 1.76 bits per heavy atom. The molecule has 2 aliphatic carbocycles. The van der Waals surface area contributed by atoms with Crippen LogP contribution in [-0.4, -0.2) is 23.9 Å². The van der Waals surface area contributed by atoms with Crippen LogP contribution in [0, 0.1) is 34.5 Å². The van der Waals surface area contributed by atoms with E-state index in [2.05, 4.69) is 6.07 Å². The predicted octanol–water partition coefficient (Wildman–Crippen LogP) is 3.75. The number of rotatable bonds is 1. The first kappa shape index (κ1) is 14.9. The van der Waals surface area contributed by atoms with Crippen LogP contribution in [0.4, 0.5) is 0 Å². The molecule has 3 atom stereocenters. The van der Waals surface area contributed by atoms with E-state index in [1.165, 1.54) is 32.1 Å². The zero-order valence-corrected chi connectivity index (χ0v) is 13.3. The molecule has 0 N–H and O–H groups in total. The van der Waals surface area contributed by atoms with Crippen molar-refractivity contribution in [1.82, 2.24) is 4.90 Å². The maximum Gasteiger partial charge on any atom is 0.225 e. The van der Waals surface area contributed by atoms with Gasteiger partial charge in [0.25, 0.3) is 0 Å². The van der Waals surface area contributed by atoms with Gasteiger partial charge in [-0.3, -0.25) is 4.79 Å². The molecule has 1 saturated heterocycles. The van der Waals surface area contributed by atoms with Crippen LogP contribution in [0.5, 0.6) is 0 Å². The monoisotopic (exact) mass is 288 g/mol. The van der Waals surface area contributed by atoms with E-state index in [9.17, 15) is 10.1 Å². The average molecular weight is 288 g/mol. The lowest BCUT2D eigenvalue weighted by Gasteiger charge is -2.42. The molecule has 0 aromatic heterocycles. The Kier molecular flexibility index (Phi) is 4.24. The van der Waals surface area contributed by atoms with E-state index in [-0.39, 0.29) is 11.3 Å². The van der Waals surface area contributed by atoms with Crippen LogP contribution >= 0.6 is 0 Å². The van der Waals surface area contributed by atoms with E-state index in [1.54, 1.807) is 0 Å². The van der Waals surface area contributed by atoms with Gasteiger partial charge in [-0.25, -0.2) is 0 Å². The van der Waals surface area contributed by atoms with Gasteiger partial charge in [-0.1, -0.05) is 25.7 Å². The number of nitriles is 1. The lowest BCUT2D eigenvalue weighted by atomic mass is 9.67. The summed E-state index contributed by atoms with van der Waals surface area (Å²) in [4.78, 5) is 14.8. The minimum absolute atomic E-state index is 0.211. The molecule has 0 bridgehead atoms. The Labute approximate surface area is 128 Å². The second kappa shape index (κ2) is 5.99. The maximum absolute atomic E-state index is 12.8. The normalized spacial score (nSPS) is 35.6. The van der Waals surface area contributed by atoms with Gasteiger partial charge in [0.05, 0.1) is 11.5 Å². The van der Waals surface area contributed by atoms with Crippen molar-refractivity contribution in [2.75, 3.05) is 13.1 Å². The summed E-state index contributed by atoms with van der Waals surface area (Å²) in [5.41, 5.74) is -0.211. The van der Waals surface area contributed by atoms with Crippen molar-refractivity contribution in [3.63, 3.8) is 0 Å². The molecule has 3 heteroatoms. The van der Waals surface area contributed by atoms with E-state index < -0.39 is 0 Å². The van der Waals surface area contributed by atoms with Crippen molar-refractivity contribution < 1.29 is 4.79 Å². The fourth-order valence-corrected chi connectivity index (χ4v) is 4.69. The summed E-state index contributed by atoms with van der Waals surface area (Å²) in [6.07, 6.45) is 10.7. The lowest BCUT2D eigenvalue weighted by molar-refractivity contribution is -0.139. The molecule has 0 aromatic carbocycles. The highest BCUT2D eigenvalue weighted by molar-refractivity contribution is 5.79. The largest absolute Gasteiger partial charge is 0.342 e. The molecule has 1 heterocycles. The Hall–Kier alpha value is -1.04. The van der Waals surface area contributed by atoms with E-state index >= 15 is 0 Å². The lowest BCUT2D eigenvalue weighted by Crippen LogP contribution is -2.46. The third kappa shape index (κ3) is 3.10.